The summed E-state index contributed by atoms with van der Waals surface area (Å²) in [5.41, 5.74) is 1.58. The third-order valence-electron chi connectivity index (χ3n) is 3.77. The van der Waals surface area contributed by atoms with E-state index in [2.05, 4.69) is 4.98 Å². The fourth-order valence-electron chi connectivity index (χ4n) is 2.70. The number of hydrogen-bond donors (Lipinski definition) is 2. The molecule has 2 N–H and O–H groups in total. The molecule has 2 aliphatic carbocycles. The van der Waals surface area contributed by atoms with Crippen LogP contribution in [0.1, 0.15) is 28.4 Å². The first-order chi connectivity index (χ1) is 9.70. The van der Waals surface area contributed by atoms with E-state index in [4.69, 9.17) is 0 Å². The average Bonchev–Trinajstić information content (AvgIpc) is 2.68. The number of rotatable bonds is 2. The van der Waals surface area contributed by atoms with Crippen molar-refractivity contribution in [3.8, 4) is 0 Å². The molecule has 1 heterocycles. The molecular weight excluding hydrogens is 254 g/mol. The van der Waals surface area contributed by atoms with Gasteiger partial charge >= 0.3 is 0 Å². The molecule has 4 nitrogen and oxygen atoms in total. The molecule has 3 atom stereocenters. The fraction of sp³-hybridized carbons (Fsp3) is 0.250. The zero-order valence-corrected chi connectivity index (χ0v) is 10.8. The van der Waals surface area contributed by atoms with Gasteiger partial charge in [-0.1, -0.05) is 30.4 Å². The Morgan fingerprint density at radius 1 is 1.35 bits per heavy atom. The number of aliphatic hydroxyl groups excluding tert-OH is 2. The minimum Gasteiger partial charge on any atom is -0.388 e. The van der Waals surface area contributed by atoms with Gasteiger partial charge in [0.2, 0.25) is 0 Å². The highest BCUT2D eigenvalue weighted by atomic mass is 16.3. The van der Waals surface area contributed by atoms with Crippen molar-refractivity contribution in [1.82, 2.24) is 4.98 Å². The van der Waals surface area contributed by atoms with Gasteiger partial charge in [-0.2, -0.15) is 0 Å². The highest BCUT2D eigenvalue weighted by Gasteiger charge is 2.43. The second-order valence-corrected chi connectivity index (χ2v) is 4.98. The van der Waals surface area contributed by atoms with Crippen LogP contribution in [0.15, 0.2) is 54.4 Å². The molecule has 102 valence electrons. The SMILES string of the molecule is O=C1c2ccncc2C(O)C1C(O)C1=CC=CCC=C1. The summed E-state index contributed by atoms with van der Waals surface area (Å²) in [6, 6.07) is 1.59. The lowest BCUT2D eigenvalue weighted by atomic mass is 9.90. The van der Waals surface area contributed by atoms with Crippen LogP contribution in [0.5, 0.6) is 0 Å². The molecule has 3 unspecified atom stereocenters. The summed E-state index contributed by atoms with van der Waals surface area (Å²) in [7, 11) is 0. The van der Waals surface area contributed by atoms with E-state index < -0.39 is 18.1 Å². The molecule has 0 saturated heterocycles. The van der Waals surface area contributed by atoms with Crippen LogP contribution in [-0.2, 0) is 0 Å². The van der Waals surface area contributed by atoms with Crippen LogP contribution in [0.3, 0.4) is 0 Å². The van der Waals surface area contributed by atoms with Crippen molar-refractivity contribution < 1.29 is 15.0 Å². The summed E-state index contributed by atoms with van der Waals surface area (Å²) in [5, 5.41) is 20.7. The number of hydrogen-bond acceptors (Lipinski definition) is 4. The molecule has 0 aliphatic heterocycles. The maximum atomic E-state index is 12.4. The molecule has 2 aliphatic rings. The predicted octanol–water partition coefficient (Wildman–Crippen LogP) is 1.73. The molecule has 1 aromatic rings. The lowest BCUT2D eigenvalue weighted by molar-refractivity contribution is 0.0374. The van der Waals surface area contributed by atoms with E-state index >= 15 is 0 Å². The lowest BCUT2D eigenvalue weighted by Gasteiger charge is -2.21. The molecule has 20 heavy (non-hydrogen) atoms. The van der Waals surface area contributed by atoms with Gasteiger partial charge in [-0.15, -0.1) is 0 Å². The van der Waals surface area contributed by atoms with E-state index in [0.717, 1.165) is 6.42 Å². The first-order valence-corrected chi connectivity index (χ1v) is 6.57. The number of carbonyl (C=O) groups excluding carboxylic acids is 1. The smallest absolute Gasteiger partial charge is 0.172 e. The zero-order valence-electron chi connectivity index (χ0n) is 10.8. The number of allylic oxidation sites excluding steroid dienone is 4. The van der Waals surface area contributed by atoms with Gasteiger partial charge in [0.25, 0.3) is 0 Å². The molecule has 0 spiro atoms. The molecule has 0 bridgehead atoms. The van der Waals surface area contributed by atoms with Gasteiger partial charge in [-0.3, -0.25) is 9.78 Å². The van der Waals surface area contributed by atoms with Crippen molar-refractivity contribution in [2.24, 2.45) is 5.92 Å². The Labute approximate surface area is 116 Å². The Kier molecular flexibility index (Phi) is 3.34. The minimum atomic E-state index is -1.02. The minimum absolute atomic E-state index is 0.232. The lowest BCUT2D eigenvalue weighted by Crippen LogP contribution is -2.29. The fourth-order valence-corrected chi connectivity index (χ4v) is 2.70. The summed E-state index contributed by atoms with van der Waals surface area (Å²) >= 11 is 0. The second kappa shape index (κ2) is 5.15. The summed E-state index contributed by atoms with van der Waals surface area (Å²) in [6.07, 6.45) is 11.1. The number of carbonyl (C=O) groups is 1. The zero-order chi connectivity index (χ0) is 14.1. The van der Waals surface area contributed by atoms with Gasteiger partial charge in [0.1, 0.15) is 0 Å². The number of aliphatic hydroxyl groups is 2. The standard InChI is InChI=1S/C16H15NO3/c18-14(10-5-3-1-2-4-6-10)13-15(19)11-7-8-17-9-12(11)16(13)20/h1,3-9,13-14,16,18,20H,2H2. The summed E-state index contributed by atoms with van der Waals surface area (Å²) < 4.78 is 0. The average molecular weight is 269 g/mol. The van der Waals surface area contributed by atoms with Crippen molar-refractivity contribution in [1.29, 1.82) is 0 Å². The first kappa shape index (κ1) is 13.0. The monoisotopic (exact) mass is 269 g/mol. The maximum Gasteiger partial charge on any atom is 0.172 e. The van der Waals surface area contributed by atoms with Gasteiger partial charge in [-0.25, -0.2) is 0 Å². The number of nitrogens with zero attached hydrogens (tertiary/aromatic N) is 1. The van der Waals surface area contributed by atoms with E-state index in [1.807, 2.05) is 18.2 Å². The van der Waals surface area contributed by atoms with Crippen molar-refractivity contribution >= 4 is 5.78 Å². The Bertz CT molecular complexity index is 630. The predicted molar refractivity (Wildman–Crippen MR) is 74.0 cm³/mol. The van der Waals surface area contributed by atoms with Crippen LogP contribution in [0, 0.1) is 5.92 Å². The van der Waals surface area contributed by atoms with Gasteiger partial charge in [0.15, 0.2) is 5.78 Å². The molecule has 3 rings (SSSR count). The van der Waals surface area contributed by atoms with Crippen molar-refractivity contribution in [2.75, 3.05) is 0 Å². The van der Waals surface area contributed by atoms with E-state index in [0.29, 0.717) is 16.7 Å². The topological polar surface area (TPSA) is 70.4 Å². The van der Waals surface area contributed by atoms with Gasteiger partial charge in [-0.05, 0) is 18.1 Å². The summed E-state index contributed by atoms with van der Waals surface area (Å²) in [6.45, 7) is 0. The maximum absolute atomic E-state index is 12.4. The van der Waals surface area contributed by atoms with Crippen LogP contribution in [0.2, 0.25) is 0 Å². The number of aromatic nitrogens is 1. The van der Waals surface area contributed by atoms with Crippen LogP contribution < -0.4 is 0 Å². The highest BCUT2D eigenvalue weighted by molar-refractivity contribution is 6.03. The summed E-state index contributed by atoms with van der Waals surface area (Å²) in [4.78, 5) is 16.3. The van der Waals surface area contributed by atoms with Gasteiger partial charge in [0, 0.05) is 23.5 Å². The van der Waals surface area contributed by atoms with Crippen molar-refractivity contribution in [3.05, 3.63) is 65.5 Å². The quantitative estimate of drug-likeness (QED) is 0.857. The Morgan fingerprint density at radius 3 is 3.00 bits per heavy atom. The molecular formula is C16H15NO3. The number of Topliss-reactive ketones (excluding diaryl/α,β-unsaturated/α-hetero) is 1. The molecule has 0 amide bonds. The van der Waals surface area contributed by atoms with Crippen molar-refractivity contribution in [2.45, 2.75) is 18.6 Å². The van der Waals surface area contributed by atoms with Crippen LogP contribution in [0.25, 0.3) is 0 Å². The van der Waals surface area contributed by atoms with E-state index in [1.54, 1.807) is 18.2 Å². The number of ketones is 1. The third kappa shape index (κ3) is 2.03. The van der Waals surface area contributed by atoms with Crippen LogP contribution in [0.4, 0.5) is 0 Å². The molecule has 0 aromatic carbocycles. The molecule has 0 fully saturated rings. The summed E-state index contributed by atoms with van der Waals surface area (Å²) in [5.74, 6) is -1.10. The Hall–Kier alpha value is -2.04. The van der Waals surface area contributed by atoms with E-state index in [1.165, 1.54) is 12.4 Å². The molecule has 1 aromatic heterocycles. The molecule has 0 radical (unpaired) electrons. The second-order valence-electron chi connectivity index (χ2n) is 4.98. The Balaban J connectivity index is 1.94. The van der Waals surface area contributed by atoms with Gasteiger partial charge < -0.3 is 10.2 Å². The molecule has 0 saturated carbocycles. The Morgan fingerprint density at radius 2 is 2.20 bits per heavy atom. The van der Waals surface area contributed by atoms with E-state index in [9.17, 15) is 15.0 Å². The largest absolute Gasteiger partial charge is 0.388 e. The number of fused-ring (bicyclic) bond motifs is 1. The van der Waals surface area contributed by atoms with E-state index in [-0.39, 0.29) is 5.78 Å². The van der Waals surface area contributed by atoms with Crippen LogP contribution >= 0.6 is 0 Å². The normalized spacial score (nSPS) is 26.1. The third-order valence-corrected chi connectivity index (χ3v) is 3.77. The van der Waals surface area contributed by atoms with Gasteiger partial charge in [0.05, 0.1) is 18.1 Å². The number of pyridine rings is 1. The first-order valence-electron chi connectivity index (χ1n) is 6.57. The molecule has 4 heteroatoms. The van der Waals surface area contributed by atoms with Crippen LogP contribution in [-0.4, -0.2) is 27.1 Å². The van der Waals surface area contributed by atoms with Crippen molar-refractivity contribution in [3.63, 3.8) is 0 Å². The highest BCUT2D eigenvalue weighted by Crippen LogP contribution is 2.39.